The van der Waals surface area contributed by atoms with Crippen LogP contribution >= 0.6 is 11.8 Å². The van der Waals surface area contributed by atoms with E-state index in [4.69, 9.17) is 10.2 Å². The van der Waals surface area contributed by atoms with Crippen molar-refractivity contribution in [2.24, 2.45) is 5.73 Å². The second kappa shape index (κ2) is 5.38. The van der Waals surface area contributed by atoms with Crippen molar-refractivity contribution < 1.29 is 8.81 Å². The first-order valence-electron chi connectivity index (χ1n) is 5.35. The Hall–Kier alpha value is -1.26. The number of hydrogen-bond acceptors (Lipinski definition) is 3. The number of rotatable bonds is 4. The van der Waals surface area contributed by atoms with Crippen molar-refractivity contribution in [1.82, 2.24) is 0 Å². The maximum Gasteiger partial charge on any atom is 0.127 e. The van der Waals surface area contributed by atoms with E-state index in [1.165, 1.54) is 6.07 Å². The number of nitrogens with two attached hydrogens (primary N) is 1. The standard InChI is InChI=1S/C13H14FNOS/c1-9-13(4-5-16-9)17-8-10-2-3-12(14)11(6-10)7-15/h2-6H,7-8,15H2,1H3. The molecule has 0 aliphatic heterocycles. The topological polar surface area (TPSA) is 39.2 Å². The van der Waals surface area contributed by atoms with Crippen molar-refractivity contribution in [3.63, 3.8) is 0 Å². The molecule has 0 bridgehead atoms. The maximum atomic E-state index is 13.2. The molecular weight excluding hydrogens is 237 g/mol. The summed E-state index contributed by atoms with van der Waals surface area (Å²) in [5.74, 6) is 1.46. The van der Waals surface area contributed by atoms with Gasteiger partial charge in [0.05, 0.1) is 6.26 Å². The summed E-state index contributed by atoms with van der Waals surface area (Å²) in [4.78, 5) is 1.11. The van der Waals surface area contributed by atoms with Crippen molar-refractivity contribution in [3.05, 3.63) is 53.2 Å². The summed E-state index contributed by atoms with van der Waals surface area (Å²) in [6, 6.07) is 7.02. The molecule has 0 amide bonds. The van der Waals surface area contributed by atoms with Gasteiger partial charge in [-0.25, -0.2) is 4.39 Å². The fourth-order valence-electron chi connectivity index (χ4n) is 1.56. The van der Waals surface area contributed by atoms with Gasteiger partial charge in [0.15, 0.2) is 0 Å². The molecule has 0 aliphatic rings. The molecule has 0 radical (unpaired) electrons. The predicted octanol–water partition coefficient (Wildman–Crippen LogP) is 3.48. The first-order chi connectivity index (χ1) is 8.20. The summed E-state index contributed by atoms with van der Waals surface area (Å²) in [5.41, 5.74) is 7.10. The van der Waals surface area contributed by atoms with E-state index in [-0.39, 0.29) is 12.4 Å². The molecular formula is C13H14FNOS. The van der Waals surface area contributed by atoms with Crippen LogP contribution in [-0.4, -0.2) is 0 Å². The third kappa shape index (κ3) is 2.90. The second-order valence-electron chi connectivity index (χ2n) is 3.76. The molecule has 2 rings (SSSR count). The van der Waals surface area contributed by atoms with Crippen molar-refractivity contribution >= 4 is 11.8 Å². The lowest BCUT2D eigenvalue weighted by Gasteiger charge is -2.04. The van der Waals surface area contributed by atoms with Gasteiger partial charge in [-0.3, -0.25) is 0 Å². The lowest BCUT2D eigenvalue weighted by molar-refractivity contribution is 0.527. The highest BCUT2D eigenvalue weighted by Gasteiger charge is 2.05. The van der Waals surface area contributed by atoms with Gasteiger partial charge in [-0.05, 0) is 24.6 Å². The molecule has 0 aliphatic carbocycles. The van der Waals surface area contributed by atoms with Crippen LogP contribution in [0.4, 0.5) is 4.39 Å². The lowest BCUT2D eigenvalue weighted by atomic mass is 10.1. The molecule has 0 atom stereocenters. The van der Waals surface area contributed by atoms with E-state index < -0.39 is 0 Å². The molecule has 4 heteroatoms. The number of furan rings is 1. The van der Waals surface area contributed by atoms with Crippen molar-refractivity contribution in [2.45, 2.75) is 24.1 Å². The Bertz CT molecular complexity index is 510. The third-order valence-corrected chi connectivity index (χ3v) is 3.75. The zero-order valence-electron chi connectivity index (χ0n) is 9.57. The average Bonchev–Trinajstić information content (AvgIpc) is 2.74. The highest BCUT2D eigenvalue weighted by molar-refractivity contribution is 7.98. The van der Waals surface area contributed by atoms with E-state index in [1.54, 1.807) is 24.1 Å². The highest BCUT2D eigenvalue weighted by atomic mass is 32.2. The van der Waals surface area contributed by atoms with Gasteiger partial charge >= 0.3 is 0 Å². The van der Waals surface area contributed by atoms with E-state index >= 15 is 0 Å². The Balaban J connectivity index is 2.07. The van der Waals surface area contributed by atoms with E-state index in [2.05, 4.69) is 0 Å². The second-order valence-corrected chi connectivity index (χ2v) is 4.78. The first kappa shape index (κ1) is 12.2. The van der Waals surface area contributed by atoms with Gasteiger partial charge in [-0.2, -0.15) is 0 Å². The highest BCUT2D eigenvalue weighted by Crippen LogP contribution is 2.27. The number of halogens is 1. The molecule has 17 heavy (non-hydrogen) atoms. The van der Waals surface area contributed by atoms with Gasteiger partial charge in [-0.1, -0.05) is 12.1 Å². The molecule has 90 valence electrons. The molecule has 0 unspecified atom stereocenters. The van der Waals surface area contributed by atoms with E-state index in [1.807, 2.05) is 19.1 Å². The summed E-state index contributed by atoms with van der Waals surface area (Å²) in [6.45, 7) is 2.16. The van der Waals surface area contributed by atoms with Crippen LogP contribution in [0.5, 0.6) is 0 Å². The minimum atomic E-state index is -0.235. The van der Waals surface area contributed by atoms with Crippen LogP contribution in [0.25, 0.3) is 0 Å². The minimum Gasteiger partial charge on any atom is -0.468 e. The quantitative estimate of drug-likeness (QED) is 0.846. The molecule has 2 nitrogen and oxygen atoms in total. The summed E-state index contributed by atoms with van der Waals surface area (Å²) >= 11 is 1.67. The van der Waals surface area contributed by atoms with E-state index in [9.17, 15) is 4.39 Å². The molecule has 2 aromatic rings. The zero-order valence-corrected chi connectivity index (χ0v) is 10.4. The Morgan fingerprint density at radius 3 is 2.82 bits per heavy atom. The van der Waals surface area contributed by atoms with Gasteiger partial charge < -0.3 is 10.2 Å². The Labute approximate surface area is 104 Å². The lowest BCUT2D eigenvalue weighted by Crippen LogP contribution is -2.00. The van der Waals surface area contributed by atoms with Gasteiger partial charge in [0, 0.05) is 22.8 Å². The number of benzene rings is 1. The summed E-state index contributed by atoms with van der Waals surface area (Å²) in [6.07, 6.45) is 1.67. The zero-order chi connectivity index (χ0) is 12.3. The fourth-order valence-corrected chi connectivity index (χ4v) is 2.46. The normalized spacial score (nSPS) is 10.8. The van der Waals surface area contributed by atoms with Crippen LogP contribution in [0.15, 0.2) is 39.8 Å². The molecule has 0 saturated carbocycles. The van der Waals surface area contributed by atoms with Crippen LogP contribution in [0.2, 0.25) is 0 Å². The van der Waals surface area contributed by atoms with Crippen LogP contribution < -0.4 is 5.73 Å². The van der Waals surface area contributed by atoms with Crippen molar-refractivity contribution in [3.8, 4) is 0 Å². The molecule has 0 fully saturated rings. The van der Waals surface area contributed by atoms with E-state index in [0.717, 1.165) is 22.0 Å². The van der Waals surface area contributed by atoms with Crippen LogP contribution in [0.1, 0.15) is 16.9 Å². The smallest absolute Gasteiger partial charge is 0.127 e. The minimum absolute atomic E-state index is 0.231. The SMILES string of the molecule is Cc1occc1SCc1ccc(F)c(CN)c1. The Morgan fingerprint density at radius 2 is 2.18 bits per heavy atom. The van der Waals surface area contributed by atoms with E-state index in [0.29, 0.717) is 5.56 Å². The molecule has 1 aromatic heterocycles. The van der Waals surface area contributed by atoms with Gasteiger partial charge in [0.2, 0.25) is 0 Å². The fraction of sp³-hybridized carbons (Fsp3) is 0.231. The van der Waals surface area contributed by atoms with Crippen LogP contribution in [0.3, 0.4) is 0 Å². The van der Waals surface area contributed by atoms with Crippen molar-refractivity contribution in [2.75, 3.05) is 0 Å². The maximum absolute atomic E-state index is 13.2. The summed E-state index contributed by atoms with van der Waals surface area (Å²) in [7, 11) is 0. The number of thioether (sulfide) groups is 1. The third-order valence-electron chi connectivity index (χ3n) is 2.54. The summed E-state index contributed by atoms with van der Waals surface area (Å²) in [5, 5.41) is 0. The Kier molecular flexibility index (Phi) is 3.86. The van der Waals surface area contributed by atoms with Gasteiger partial charge in [0.1, 0.15) is 11.6 Å². The largest absolute Gasteiger partial charge is 0.468 e. The number of aryl methyl sites for hydroxylation is 1. The van der Waals surface area contributed by atoms with Crippen LogP contribution in [0, 0.1) is 12.7 Å². The molecule has 0 spiro atoms. The average molecular weight is 251 g/mol. The van der Waals surface area contributed by atoms with Gasteiger partial charge in [0.25, 0.3) is 0 Å². The Morgan fingerprint density at radius 1 is 1.35 bits per heavy atom. The van der Waals surface area contributed by atoms with Crippen LogP contribution in [-0.2, 0) is 12.3 Å². The molecule has 0 saturated heterocycles. The predicted molar refractivity (Wildman–Crippen MR) is 67.3 cm³/mol. The summed E-state index contributed by atoms with van der Waals surface area (Å²) < 4.78 is 18.5. The monoisotopic (exact) mass is 251 g/mol. The first-order valence-corrected chi connectivity index (χ1v) is 6.33. The van der Waals surface area contributed by atoms with Gasteiger partial charge in [-0.15, -0.1) is 11.8 Å². The molecule has 1 heterocycles. The van der Waals surface area contributed by atoms with Crippen molar-refractivity contribution in [1.29, 1.82) is 0 Å². The number of hydrogen-bond donors (Lipinski definition) is 1. The molecule has 2 N–H and O–H groups in total. The molecule has 1 aromatic carbocycles.